The molecule has 0 saturated heterocycles. The Kier molecular flexibility index (Phi) is 3.43. The van der Waals surface area contributed by atoms with E-state index in [0.29, 0.717) is 5.69 Å². The van der Waals surface area contributed by atoms with Crippen molar-refractivity contribution >= 4 is 0 Å². The number of hydrogen-bond acceptors (Lipinski definition) is 2. The molecule has 1 atom stereocenters. The van der Waals surface area contributed by atoms with Crippen LogP contribution in [-0.2, 0) is 0 Å². The van der Waals surface area contributed by atoms with Crippen molar-refractivity contribution in [2.75, 3.05) is 0 Å². The van der Waals surface area contributed by atoms with Gasteiger partial charge < -0.3 is 9.67 Å². The zero-order chi connectivity index (χ0) is 13.3. The third-order valence-electron chi connectivity index (χ3n) is 2.73. The summed E-state index contributed by atoms with van der Waals surface area (Å²) in [6.45, 7) is 3.87. The summed E-state index contributed by atoms with van der Waals surface area (Å²) in [5, 5.41) is 10.2. The molecule has 0 amide bonds. The van der Waals surface area contributed by atoms with Crippen LogP contribution in [0.25, 0.3) is 0 Å². The third-order valence-corrected chi connectivity index (χ3v) is 2.73. The van der Waals surface area contributed by atoms with Crippen molar-refractivity contribution in [3.8, 4) is 0 Å². The molecule has 0 aliphatic heterocycles. The normalized spacial score (nSPS) is 13.0. The van der Waals surface area contributed by atoms with Crippen LogP contribution in [0.2, 0.25) is 0 Å². The van der Waals surface area contributed by atoms with Gasteiger partial charge in [0.25, 0.3) is 0 Å². The monoisotopic (exact) mass is 252 g/mol. The molecule has 1 unspecified atom stereocenters. The van der Waals surface area contributed by atoms with E-state index in [1.165, 1.54) is 6.20 Å². The molecule has 0 radical (unpaired) electrons. The molecule has 1 N–H and O–H groups in total. The van der Waals surface area contributed by atoms with Gasteiger partial charge in [-0.2, -0.15) is 0 Å². The molecule has 0 fully saturated rings. The number of rotatable bonds is 3. The molecule has 18 heavy (non-hydrogen) atoms. The largest absolute Gasteiger partial charge is 0.382 e. The van der Waals surface area contributed by atoms with Gasteiger partial charge >= 0.3 is 0 Å². The van der Waals surface area contributed by atoms with Crippen molar-refractivity contribution in [2.24, 2.45) is 0 Å². The molecule has 0 aliphatic rings. The molecular formula is C13H14F2N2O. The summed E-state index contributed by atoms with van der Waals surface area (Å²) in [4.78, 5) is 3.95. The Balaban J connectivity index is 2.41. The number of aliphatic hydroxyl groups is 1. The lowest BCUT2D eigenvalue weighted by atomic mass is 10.1. The average molecular weight is 252 g/mol. The van der Waals surface area contributed by atoms with Crippen molar-refractivity contribution < 1.29 is 13.9 Å². The van der Waals surface area contributed by atoms with E-state index < -0.39 is 17.7 Å². The second kappa shape index (κ2) is 4.86. The van der Waals surface area contributed by atoms with Gasteiger partial charge in [-0.3, -0.25) is 0 Å². The first-order chi connectivity index (χ1) is 8.49. The van der Waals surface area contributed by atoms with Gasteiger partial charge in [-0.1, -0.05) is 0 Å². The predicted octanol–water partition coefficient (Wildman–Crippen LogP) is 2.82. The Hall–Kier alpha value is -1.75. The molecule has 5 heteroatoms. The van der Waals surface area contributed by atoms with Gasteiger partial charge in [0.05, 0.1) is 18.2 Å². The highest BCUT2D eigenvalue weighted by atomic mass is 19.1. The van der Waals surface area contributed by atoms with Gasteiger partial charge in [-0.05, 0) is 31.5 Å². The van der Waals surface area contributed by atoms with Crippen LogP contribution in [0.5, 0.6) is 0 Å². The molecular weight excluding hydrogens is 238 g/mol. The van der Waals surface area contributed by atoms with Crippen LogP contribution < -0.4 is 0 Å². The van der Waals surface area contributed by atoms with Crippen LogP contribution in [0.4, 0.5) is 8.78 Å². The first kappa shape index (κ1) is 12.7. The highest BCUT2D eigenvalue weighted by Gasteiger charge is 2.18. The first-order valence-corrected chi connectivity index (χ1v) is 5.65. The predicted molar refractivity (Wildman–Crippen MR) is 63.0 cm³/mol. The van der Waals surface area contributed by atoms with Gasteiger partial charge in [0.2, 0.25) is 0 Å². The summed E-state index contributed by atoms with van der Waals surface area (Å²) in [5.41, 5.74) is 0.685. The van der Waals surface area contributed by atoms with E-state index in [0.717, 1.165) is 18.2 Å². The Bertz CT molecular complexity index is 531. The standard InChI is InChI=1S/C13H14F2N2O/c1-8(2)17-7-16-6-12(17)13(18)9-3-10(14)5-11(15)4-9/h3-8,13,18H,1-2H3. The lowest BCUT2D eigenvalue weighted by Gasteiger charge is -2.16. The fourth-order valence-corrected chi connectivity index (χ4v) is 1.86. The van der Waals surface area contributed by atoms with Crippen LogP contribution in [0.15, 0.2) is 30.7 Å². The van der Waals surface area contributed by atoms with Crippen molar-refractivity contribution in [3.63, 3.8) is 0 Å². The zero-order valence-corrected chi connectivity index (χ0v) is 10.1. The Morgan fingerprint density at radius 2 is 1.78 bits per heavy atom. The van der Waals surface area contributed by atoms with Crippen molar-refractivity contribution in [2.45, 2.75) is 26.0 Å². The van der Waals surface area contributed by atoms with Crippen LogP contribution >= 0.6 is 0 Å². The Labute approximate surface area is 104 Å². The summed E-state index contributed by atoms with van der Waals surface area (Å²) >= 11 is 0. The van der Waals surface area contributed by atoms with Gasteiger partial charge in [0.1, 0.15) is 17.7 Å². The minimum atomic E-state index is -1.10. The van der Waals surface area contributed by atoms with Crippen LogP contribution in [-0.4, -0.2) is 14.7 Å². The quantitative estimate of drug-likeness (QED) is 0.912. The topological polar surface area (TPSA) is 38.0 Å². The van der Waals surface area contributed by atoms with E-state index >= 15 is 0 Å². The summed E-state index contributed by atoms with van der Waals surface area (Å²) in [7, 11) is 0. The Morgan fingerprint density at radius 3 is 2.33 bits per heavy atom. The van der Waals surface area contributed by atoms with Gasteiger partial charge in [-0.25, -0.2) is 13.8 Å². The highest BCUT2D eigenvalue weighted by molar-refractivity contribution is 5.26. The lowest BCUT2D eigenvalue weighted by Crippen LogP contribution is -2.10. The summed E-state index contributed by atoms with van der Waals surface area (Å²) < 4.78 is 28.0. The molecule has 0 bridgehead atoms. The fraction of sp³-hybridized carbons (Fsp3) is 0.308. The molecule has 3 nitrogen and oxygen atoms in total. The first-order valence-electron chi connectivity index (χ1n) is 5.65. The number of halogens is 2. The number of aromatic nitrogens is 2. The SMILES string of the molecule is CC(C)n1cncc1C(O)c1cc(F)cc(F)c1. The minimum absolute atomic E-state index is 0.107. The van der Waals surface area contributed by atoms with Crippen LogP contribution in [0, 0.1) is 11.6 Å². The van der Waals surface area contributed by atoms with E-state index in [1.807, 2.05) is 13.8 Å². The van der Waals surface area contributed by atoms with E-state index in [-0.39, 0.29) is 11.6 Å². The fourth-order valence-electron chi connectivity index (χ4n) is 1.86. The van der Waals surface area contributed by atoms with Crippen LogP contribution in [0.3, 0.4) is 0 Å². The molecule has 1 aromatic carbocycles. The van der Waals surface area contributed by atoms with E-state index in [2.05, 4.69) is 4.98 Å². The van der Waals surface area contributed by atoms with Gasteiger partial charge in [0.15, 0.2) is 0 Å². The number of nitrogens with zero attached hydrogens (tertiary/aromatic N) is 2. The number of benzene rings is 1. The molecule has 2 aromatic rings. The molecule has 0 saturated carbocycles. The summed E-state index contributed by atoms with van der Waals surface area (Å²) in [5.74, 6) is -1.42. The molecule has 2 rings (SSSR count). The molecule has 0 spiro atoms. The van der Waals surface area contributed by atoms with E-state index in [1.54, 1.807) is 10.9 Å². The zero-order valence-electron chi connectivity index (χ0n) is 10.1. The van der Waals surface area contributed by atoms with Crippen molar-refractivity contribution in [3.05, 3.63) is 53.6 Å². The maximum absolute atomic E-state index is 13.1. The van der Waals surface area contributed by atoms with Crippen molar-refractivity contribution in [1.82, 2.24) is 9.55 Å². The molecule has 96 valence electrons. The maximum Gasteiger partial charge on any atom is 0.126 e. The highest BCUT2D eigenvalue weighted by Crippen LogP contribution is 2.25. The summed E-state index contributed by atoms with van der Waals surface area (Å²) in [6.07, 6.45) is 1.98. The van der Waals surface area contributed by atoms with E-state index in [9.17, 15) is 13.9 Å². The smallest absolute Gasteiger partial charge is 0.126 e. The third kappa shape index (κ3) is 2.41. The molecule has 1 aromatic heterocycles. The summed E-state index contributed by atoms with van der Waals surface area (Å²) in [6, 6.07) is 3.11. The number of imidazole rings is 1. The number of aliphatic hydroxyl groups excluding tert-OH is 1. The second-order valence-corrected chi connectivity index (χ2v) is 4.42. The van der Waals surface area contributed by atoms with Crippen molar-refractivity contribution in [1.29, 1.82) is 0 Å². The maximum atomic E-state index is 13.1. The van der Waals surface area contributed by atoms with Gasteiger partial charge in [0, 0.05) is 12.1 Å². The lowest BCUT2D eigenvalue weighted by molar-refractivity contribution is 0.207. The Morgan fingerprint density at radius 1 is 1.17 bits per heavy atom. The van der Waals surface area contributed by atoms with Crippen LogP contribution in [0.1, 0.15) is 37.3 Å². The average Bonchev–Trinajstić information content (AvgIpc) is 2.75. The molecule has 0 aliphatic carbocycles. The molecule has 1 heterocycles. The second-order valence-electron chi connectivity index (χ2n) is 4.42. The van der Waals surface area contributed by atoms with E-state index in [4.69, 9.17) is 0 Å². The number of hydrogen-bond donors (Lipinski definition) is 1. The van der Waals surface area contributed by atoms with Gasteiger partial charge in [-0.15, -0.1) is 0 Å². The minimum Gasteiger partial charge on any atom is -0.382 e.